The van der Waals surface area contributed by atoms with E-state index in [2.05, 4.69) is 99.3 Å². The lowest BCUT2D eigenvalue weighted by Crippen LogP contribution is -2.57. The number of ether oxygens (including phenoxy) is 1. The van der Waals surface area contributed by atoms with Gasteiger partial charge in [-0.05, 0) is 257 Å². The Balaban J connectivity index is 0.878. The molecule has 4 saturated carbocycles. The molecule has 85 heavy (non-hydrogen) atoms. The highest BCUT2D eigenvalue weighted by Crippen LogP contribution is 2.71. The number of benzene rings is 3. The summed E-state index contributed by atoms with van der Waals surface area (Å²) < 4.78 is 5.61. The van der Waals surface area contributed by atoms with Crippen LogP contribution in [-0.2, 0) is 35.3 Å². The number of hydrogen-bond donors (Lipinski definition) is 11. The fourth-order valence-electron chi connectivity index (χ4n) is 18.0. The average Bonchev–Trinajstić information content (AvgIpc) is 1.59. The van der Waals surface area contributed by atoms with E-state index in [0.29, 0.717) is 90.1 Å². The lowest BCUT2D eigenvalue weighted by Gasteiger charge is -2.55. The number of phenols is 1. The molecule has 14 atom stereocenters. The van der Waals surface area contributed by atoms with Crippen molar-refractivity contribution in [3.05, 3.63) is 136 Å². The monoisotopic (exact) mass is 1160 g/mol. The van der Waals surface area contributed by atoms with Gasteiger partial charge in [0.05, 0.1) is 32.4 Å². The fraction of sp³-hybridized carbons (Fsp3) is 0.586. The molecule has 3 aromatic rings. The van der Waals surface area contributed by atoms with Crippen molar-refractivity contribution in [2.24, 2.45) is 80.4 Å². The topological polar surface area (TPSA) is 255 Å². The van der Waals surface area contributed by atoms with Crippen LogP contribution < -0.4 is 48.5 Å². The summed E-state index contributed by atoms with van der Waals surface area (Å²) in [5.74, 6) is 3.51. The van der Waals surface area contributed by atoms with Crippen molar-refractivity contribution in [2.45, 2.75) is 140 Å². The number of aromatic hydroxyl groups is 1. The Labute approximate surface area is 505 Å². The van der Waals surface area contributed by atoms with E-state index >= 15 is 0 Å². The van der Waals surface area contributed by atoms with E-state index in [4.69, 9.17) is 21.9 Å². The molecule has 5 fully saturated rings. The van der Waals surface area contributed by atoms with Gasteiger partial charge in [0, 0.05) is 44.3 Å². The van der Waals surface area contributed by atoms with Gasteiger partial charge in [0.25, 0.3) is 0 Å². The van der Waals surface area contributed by atoms with Crippen LogP contribution in [0.4, 0.5) is 0 Å². The number of aliphatic imine (C=N–C) groups is 1. The van der Waals surface area contributed by atoms with Gasteiger partial charge in [0.1, 0.15) is 5.78 Å². The SMILES string of the molecule is CNCC1CC2(CC1CCN=C(N)N)C(NCC(C)O)CC1(CC3C4CCNCC4CC4C=CCNC43)CC(CC(=O)CC(=O)C=C(CO)c3cc(OC)c(O)cc3CC3=CNC(N)C=C3CCc3cccc(CCc4ccccc4)c3)CCC12. The molecule has 0 bridgehead atoms. The predicted octanol–water partition coefficient (Wildman–Crippen LogP) is 7.17. The number of fused-ring (bicyclic) bond motifs is 4. The predicted molar refractivity (Wildman–Crippen MR) is 339 cm³/mol. The number of piperidine rings is 1. The van der Waals surface area contributed by atoms with Crippen LogP contribution in [0.25, 0.3) is 5.57 Å². The van der Waals surface area contributed by atoms with E-state index in [9.17, 15) is 24.9 Å². The van der Waals surface area contributed by atoms with Crippen LogP contribution in [0.5, 0.6) is 11.5 Å². The standard InChI is InChI=1S/C70H99N9O6/c1-44(81)39-78-65-38-69(37-61-59-21-23-75-41-54(59)27-50-13-8-22-76-67(50)61)34-48(17-19-64(69)70(65)35-51(20-24-77-68(72)73)56(36-70)40-74-2)26-57(82)32-58(83)29-55(43-80)60-33-63(85-3)62(84)30-52(60)28-53-42-79-66(71)31-49(53)18-16-47-12-7-11-46(25-47)15-14-45-9-5-4-6-10-45/h4-13,25,29-31,33,42,44,48,50-51,54,56,59,61,64-67,74-76,78-81,84H,14-24,26-28,32,34-41,43,71H2,1-3H3,(H4,72,73,77). The van der Waals surface area contributed by atoms with Crippen LogP contribution in [0.15, 0.2) is 113 Å². The molecule has 14 unspecified atom stereocenters. The van der Waals surface area contributed by atoms with Crippen molar-refractivity contribution < 1.29 is 29.6 Å². The summed E-state index contributed by atoms with van der Waals surface area (Å²) >= 11 is 0. The molecule has 4 aliphatic carbocycles. The number of hydrogen-bond acceptors (Lipinski definition) is 13. The highest BCUT2D eigenvalue weighted by Gasteiger charge is 2.67. The molecule has 3 heterocycles. The van der Waals surface area contributed by atoms with Gasteiger partial charge in [-0.2, -0.15) is 0 Å². The van der Waals surface area contributed by atoms with Crippen LogP contribution in [-0.4, -0.2) is 117 Å². The second-order valence-electron chi connectivity index (χ2n) is 26.9. The number of nitrogens with two attached hydrogens (primary N) is 3. The van der Waals surface area contributed by atoms with Crippen molar-refractivity contribution in [1.82, 2.24) is 26.6 Å². The Kier molecular flexibility index (Phi) is 20.9. The Morgan fingerprint density at radius 2 is 1.72 bits per heavy atom. The van der Waals surface area contributed by atoms with Crippen molar-refractivity contribution in [2.75, 3.05) is 60.0 Å². The molecule has 0 aromatic heterocycles. The summed E-state index contributed by atoms with van der Waals surface area (Å²) in [7, 11) is 3.54. The number of carbonyl (C=O) groups excluding carboxylic acids is 2. The molecule has 14 N–H and O–H groups in total. The highest BCUT2D eigenvalue weighted by molar-refractivity contribution is 6.07. The molecule has 460 valence electrons. The van der Waals surface area contributed by atoms with Gasteiger partial charge in [-0.25, -0.2) is 0 Å². The third kappa shape index (κ3) is 14.9. The van der Waals surface area contributed by atoms with E-state index in [1.165, 1.54) is 42.7 Å². The number of ketones is 2. The first kappa shape index (κ1) is 62.4. The number of aliphatic hydroxyl groups excluding tert-OH is 2. The van der Waals surface area contributed by atoms with Gasteiger partial charge in [-0.15, -0.1) is 0 Å². The van der Waals surface area contributed by atoms with E-state index in [1.807, 2.05) is 25.3 Å². The number of aryl methyl sites for hydroxylation is 3. The van der Waals surface area contributed by atoms with E-state index < -0.39 is 12.7 Å². The van der Waals surface area contributed by atoms with Gasteiger partial charge >= 0.3 is 0 Å². The molecule has 7 aliphatic rings. The third-order valence-electron chi connectivity index (χ3n) is 21.4. The number of Topliss-reactive ketones (excluding diaryl/α,β-unsaturated/α-hetero) is 1. The molecule has 3 aliphatic heterocycles. The number of phenolic OH excluding ortho intramolecular Hbond substituents is 1. The number of nitrogens with zero attached hydrogens (tertiary/aromatic N) is 1. The summed E-state index contributed by atoms with van der Waals surface area (Å²) in [6.45, 7) is 6.48. The minimum atomic E-state index is -0.488. The van der Waals surface area contributed by atoms with E-state index in [1.54, 1.807) is 12.1 Å². The lowest BCUT2D eigenvalue weighted by atomic mass is 9.52. The Hall–Kier alpha value is -5.65. The van der Waals surface area contributed by atoms with Crippen molar-refractivity contribution in [1.29, 1.82) is 0 Å². The second-order valence-corrected chi connectivity index (χ2v) is 26.9. The minimum absolute atomic E-state index is 0.00301. The van der Waals surface area contributed by atoms with Crippen LogP contribution >= 0.6 is 0 Å². The first-order valence-corrected chi connectivity index (χ1v) is 32.2. The highest BCUT2D eigenvalue weighted by atomic mass is 16.5. The smallest absolute Gasteiger partial charge is 0.185 e. The second kappa shape index (κ2) is 28.5. The number of allylic oxidation sites excluding steroid dienone is 3. The van der Waals surface area contributed by atoms with Crippen molar-refractivity contribution in [3.63, 3.8) is 0 Å². The molecule has 15 heteroatoms. The van der Waals surface area contributed by atoms with Gasteiger partial charge in [-0.3, -0.25) is 14.6 Å². The maximum Gasteiger partial charge on any atom is 0.185 e. The number of carbonyl (C=O) groups is 2. The molecule has 3 aromatic carbocycles. The first-order chi connectivity index (χ1) is 41.2. The molecular formula is C70H99N9O6. The number of dihydropyridines is 1. The van der Waals surface area contributed by atoms with Crippen LogP contribution in [0.3, 0.4) is 0 Å². The lowest BCUT2D eigenvalue weighted by molar-refractivity contribution is -0.126. The molecule has 0 radical (unpaired) electrons. The quantitative estimate of drug-likeness (QED) is 0.0125. The summed E-state index contributed by atoms with van der Waals surface area (Å²) in [5, 5.41) is 51.9. The van der Waals surface area contributed by atoms with Crippen LogP contribution in [0.2, 0.25) is 0 Å². The summed E-state index contributed by atoms with van der Waals surface area (Å²) in [5.41, 5.74) is 25.7. The number of nitrogens with one attached hydrogen (secondary N) is 5. The van der Waals surface area contributed by atoms with Gasteiger partial charge < -0.3 is 63.8 Å². The molecule has 0 amide bonds. The molecule has 1 saturated heterocycles. The van der Waals surface area contributed by atoms with Gasteiger partial charge in [0.2, 0.25) is 0 Å². The Bertz CT molecular complexity index is 2940. The number of aliphatic hydroxyl groups is 2. The summed E-state index contributed by atoms with van der Waals surface area (Å²) in [4.78, 5) is 33.4. The first-order valence-electron chi connectivity index (χ1n) is 32.2. The van der Waals surface area contributed by atoms with E-state index in [-0.39, 0.29) is 64.4 Å². The number of guanidine groups is 1. The zero-order valence-electron chi connectivity index (χ0n) is 50.9. The van der Waals surface area contributed by atoms with Crippen LogP contribution in [0, 0.1) is 58.2 Å². The number of rotatable bonds is 26. The summed E-state index contributed by atoms with van der Waals surface area (Å²) in [6, 6.07) is 23.3. The zero-order valence-corrected chi connectivity index (χ0v) is 50.9. The molecule has 10 rings (SSSR count). The van der Waals surface area contributed by atoms with Crippen molar-refractivity contribution >= 4 is 23.1 Å². The number of methoxy groups -OCH3 is 1. The Morgan fingerprint density at radius 3 is 2.48 bits per heavy atom. The molecule has 1 spiro atoms. The van der Waals surface area contributed by atoms with E-state index in [0.717, 1.165) is 114 Å². The molecule has 15 nitrogen and oxygen atoms in total. The Morgan fingerprint density at radius 1 is 0.941 bits per heavy atom. The van der Waals surface area contributed by atoms with Crippen LogP contribution in [0.1, 0.15) is 118 Å². The normalized spacial score (nSPS) is 31.0. The maximum absolute atomic E-state index is 14.6. The largest absolute Gasteiger partial charge is 0.504 e. The van der Waals surface area contributed by atoms with Gasteiger partial charge in [-0.1, -0.05) is 66.7 Å². The fourth-order valence-corrected chi connectivity index (χ4v) is 18.0. The van der Waals surface area contributed by atoms with Gasteiger partial charge in [0.15, 0.2) is 23.2 Å². The minimum Gasteiger partial charge on any atom is -0.504 e. The zero-order chi connectivity index (χ0) is 59.7. The van der Waals surface area contributed by atoms with Crippen molar-refractivity contribution in [3.8, 4) is 11.5 Å². The third-order valence-corrected chi connectivity index (χ3v) is 21.4. The molecular weight excluding hydrogens is 1060 g/mol. The maximum atomic E-state index is 14.6. The summed E-state index contributed by atoms with van der Waals surface area (Å²) in [6.07, 6.45) is 23.8. The average molecular weight is 1160 g/mol.